The lowest BCUT2D eigenvalue weighted by Crippen LogP contribution is -2.35. The molecule has 0 fully saturated rings. The maximum atomic E-state index is 13.3. The number of esters is 1. The second-order valence-corrected chi connectivity index (χ2v) is 8.50. The highest BCUT2D eigenvalue weighted by atomic mass is 32.1. The summed E-state index contributed by atoms with van der Waals surface area (Å²) in [7, 11) is 3.04. The predicted molar refractivity (Wildman–Crippen MR) is 129 cm³/mol. The van der Waals surface area contributed by atoms with Crippen molar-refractivity contribution < 1.29 is 24.1 Å². The highest BCUT2D eigenvalue weighted by molar-refractivity contribution is 7.07. The van der Waals surface area contributed by atoms with Crippen molar-refractivity contribution in [2.75, 3.05) is 20.8 Å². The third-order valence-electron chi connectivity index (χ3n) is 5.47. The highest BCUT2D eigenvalue weighted by Gasteiger charge is 2.31. The second-order valence-electron chi connectivity index (χ2n) is 7.49. The number of carbonyl (C=O) groups excluding carboxylic acids is 1. The SMILES string of the molecule is CCOC(=O)C1=C(C)n2c(s/c(=C\c3ccc(O)c(OC)c3)c2=O)=N[C@@H]1c1ccc(OC)cc1. The fourth-order valence-corrected chi connectivity index (χ4v) is 4.82. The van der Waals surface area contributed by atoms with Crippen LogP contribution in [0.3, 0.4) is 0 Å². The zero-order valence-corrected chi connectivity index (χ0v) is 20.0. The molecule has 1 aliphatic heterocycles. The van der Waals surface area contributed by atoms with Gasteiger partial charge in [-0.25, -0.2) is 9.79 Å². The van der Waals surface area contributed by atoms with Crippen LogP contribution in [0.15, 0.2) is 57.8 Å². The van der Waals surface area contributed by atoms with Crippen molar-refractivity contribution >= 4 is 29.1 Å². The van der Waals surface area contributed by atoms with Gasteiger partial charge in [0.05, 0.1) is 30.9 Å². The van der Waals surface area contributed by atoms with Crippen molar-refractivity contribution in [1.82, 2.24) is 4.57 Å². The van der Waals surface area contributed by atoms with Gasteiger partial charge in [0, 0.05) is 5.70 Å². The Morgan fingerprint density at radius 3 is 2.56 bits per heavy atom. The first-order valence-electron chi connectivity index (χ1n) is 10.6. The quantitative estimate of drug-likeness (QED) is 0.545. The van der Waals surface area contributed by atoms with Gasteiger partial charge in [-0.1, -0.05) is 29.5 Å². The molecular weight excluding hydrogens is 456 g/mol. The minimum atomic E-state index is -0.621. The molecule has 4 rings (SSSR count). The van der Waals surface area contributed by atoms with Gasteiger partial charge in [-0.2, -0.15) is 0 Å². The smallest absolute Gasteiger partial charge is 0.338 e. The third kappa shape index (κ3) is 4.22. The molecule has 0 unspecified atom stereocenters. The van der Waals surface area contributed by atoms with Crippen molar-refractivity contribution in [1.29, 1.82) is 0 Å². The Labute approximate surface area is 199 Å². The fourth-order valence-electron chi connectivity index (χ4n) is 3.78. The number of benzene rings is 2. The summed E-state index contributed by atoms with van der Waals surface area (Å²) >= 11 is 1.23. The standard InChI is InChI=1S/C25H24N2O6S/c1-5-33-24(30)21-14(2)27-23(29)20(13-15-6-11-18(28)19(12-15)32-4)34-25(27)26-22(21)16-7-9-17(31-3)10-8-16/h6-13,22,28H,5H2,1-4H3/b20-13-/t22-/m1/s1. The van der Waals surface area contributed by atoms with Crippen LogP contribution < -0.4 is 24.4 Å². The number of hydrogen-bond donors (Lipinski definition) is 1. The van der Waals surface area contributed by atoms with E-state index in [0.717, 1.165) is 5.56 Å². The maximum Gasteiger partial charge on any atom is 0.338 e. The van der Waals surface area contributed by atoms with Crippen LogP contribution in [0, 0.1) is 0 Å². The Kier molecular flexibility index (Phi) is 6.56. The lowest BCUT2D eigenvalue weighted by atomic mass is 9.96. The van der Waals surface area contributed by atoms with Crippen LogP contribution in [0.4, 0.5) is 0 Å². The largest absolute Gasteiger partial charge is 0.504 e. The van der Waals surface area contributed by atoms with E-state index in [9.17, 15) is 14.7 Å². The van der Waals surface area contributed by atoms with E-state index in [1.165, 1.54) is 29.1 Å². The van der Waals surface area contributed by atoms with E-state index in [0.29, 0.717) is 37.7 Å². The summed E-state index contributed by atoms with van der Waals surface area (Å²) in [6, 6.07) is 11.5. The van der Waals surface area contributed by atoms with Gasteiger partial charge in [-0.15, -0.1) is 0 Å². The summed E-state index contributed by atoms with van der Waals surface area (Å²) in [5.74, 6) is 0.492. The summed E-state index contributed by atoms with van der Waals surface area (Å²) in [6.45, 7) is 3.66. The molecule has 0 amide bonds. The number of hydrogen-bond acceptors (Lipinski definition) is 8. The summed E-state index contributed by atoms with van der Waals surface area (Å²) in [5.41, 5.74) is 1.97. The number of nitrogens with zero attached hydrogens (tertiary/aromatic N) is 2. The Morgan fingerprint density at radius 2 is 1.91 bits per heavy atom. The maximum absolute atomic E-state index is 13.3. The van der Waals surface area contributed by atoms with Gasteiger partial charge in [0.1, 0.15) is 11.8 Å². The topological polar surface area (TPSA) is 99.3 Å². The number of phenols is 1. The van der Waals surface area contributed by atoms with Crippen molar-refractivity contribution in [3.8, 4) is 17.2 Å². The van der Waals surface area contributed by atoms with Gasteiger partial charge in [0.15, 0.2) is 16.3 Å². The van der Waals surface area contributed by atoms with Crippen LogP contribution in [0.25, 0.3) is 11.8 Å². The molecule has 9 heteroatoms. The summed E-state index contributed by atoms with van der Waals surface area (Å²) in [5, 5.41) is 9.84. The molecule has 0 radical (unpaired) electrons. The molecular formula is C25H24N2O6S. The van der Waals surface area contributed by atoms with Gasteiger partial charge in [0.2, 0.25) is 0 Å². The number of aromatic nitrogens is 1. The van der Waals surface area contributed by atoms with Gasteiger partial charge in [-0.3, -0.25) is 9.36 Å². The predicted octanol–water partition coefficient (Wildman–Crippen LogP) is 2.63. The van der Waals surface area contributed by atoms with Crippen LogP contribution >= 0.6 is 11.3 Å². The van der Waals surface area contributed by atoms with E-state index >= 15 is 0 Å². The monoisotopic (exact) mass is 480 g/mol. The molecule has 176 valence electrons. The highest BCUT2D eigenvalue weighted by Crippen LogP contribution is 2.33. The number of fused-ring (bicyclic) bond motifs is 1. The molecule has 8 nitrogen and oxygen atoms in total. The number of rotatable bonds is 6. The molecule has 0 bridgehead atoms. The molecule has 0 saturated carbocycles. The van der Waals surface area contributed by atoms with Gasteiger partial charge < -0.3 is 19.3 Å². The van der Waals surface area contributed by atoms with E-state index < -0.39 is 12.0 Å². The zero-order valence-electron chi connectivity index (χ0n) is 19.2. The molecule has 1 aromatic heterocycles. The zero-order chi connectivity index (χ0) is 24.4. The number of carbonyl (C=O) groups is 1. The number of phenolic OH excluding ortho intramolecular Hbond substituents is 1. The van der Waals surface area contributed by atoms with E-state index in [1.807, 2.05) is 12.1 Å². The average molecular weight is 481 g/mol. The van der Waals surface area contributed by atoms with Crippen molar-refractivity contribution in [3.63, 3.8) is 0 Å². The van der Waals surface area contributed by atoms with Gasteiger partial charge >= 0.3 is 5.97 Å². The first kappa shape index (κ1) is 23.3. The van der Waals surface area contributed by atoms with Crippen LogP contribution in [-0.4, -0.2) is 36.5 Å². The first-order valence-corrected chi connectivity index (χ1v) is 11.4. The molecule has 2 aromatic carbocycles. The van der Waals surface area contributed by atoms with Crippen molar-refractivity contribution in [2.24, 2.45) is 4.99 Å². The summed E-state index contributed by atoms with van der Waals surface area (Å²) < 4.78 is 17.6. The van der Waals surface area contributed by atoms with Crippen molar-refractivity contribution in [2.45, 2.75) is 19.9 Å². The molecule has 1 atom stereocenters. The lowest BCUT2D eigenvalue weighted by molar-refractivity contribution is -0.138. The summed E-state index contributed by atoms with van der Waals surface area (Å²) in [4.78, 5) is 31.5. The first-order chi connectivity index (χ1) is 16.4. The molecule has 3 aromatic rings. The number of allylic oxidation sites excluding steroid dienone is 1. The van der Waals surface area contributed by atoms with Crippen LogP contribution in [0.5, 0.6) is 17.2 Å². The third-order valence-corrected chi connectivity index (χ3v) is 6.46. The van der Waals surface area contributed by atoms with Crippen molar-refractivity contribution in [3.05, 3.63) is 78.9 Å². The van der Waals surface area contributed by atoms with E-state index in [2.05, 4.69) is 0 Å². The molecule has 0 spiro atoms. The normalized spacial score (nSPS) is 15.5. The molecule has 0 saturated heterocycles. The van der Waals surface area contributed by atoms with Gasteiger partial charge in [-0.05, 0) is 55.3 Å². The Bertz CT molecular complexity index is 1450. The molecule has 1 N–H and O–H groups in total. The summed E-state index contributed by atoms with van der Waals surface area (Å²) in [6.07, 6.45) is 1.70. The van der Waals surface area contributed by atoms with E-state index in [4.69, 9.17) is 19.2 Å². The molecule has 1 aliphatic rings. The number of aromatic hydroxyl groups is 1. The molecule has 0 aliphatic carbocycles. The second kappa shape index (κ2) is 9.56. The lowest BCUT2D eigenvalue weighted by Gasteiger charge is -2.22. The van der Waals surface area contributed by atoms with Crippen LogP contribution in [0.1, 0.15) is 31.0 Å². The number of ether oxygens (including phenoxy) is 3. The molecule has 2 heterocycles. The number of thiazole rings is 1. The molecule has 34 heavy (non-hydrogen) atoms. The van der Waals surface area contributed by atoms with E-state index in [1.54, 1.807) is 51.3 Å². The average Bonchev–Trinajstić information content (AvgIpc) is 3.15. The van der Waals surface area contributed by atoms with Crippen LogP contribution in [0.2, 0.25) is 0 Å². The Hall–Kier alpha value is -3.85. The minimum absolute atomic E-state index is 0.0111. The number of methoxy groups -OCH3 is 2. The van der Waals surface area contributed by atoms with Crippen LogP contribution in [-0.2, 0) is 9.53 Å². The Morgan fingerprint density at radius 1 is 1.18 bits per heavy atom. The Balaban J connectivity index is 1.91. The van der Waals surface area contributed by atoms with Gasteiger partial charge in [0.25, 0.3) is 5.56 Å². The van der Waals surface area contributed by atoms with E-state index in [-0.39, 0.29) is 17.9 Å². The fraction of sp³-hybridized carbons (Fsp3) is 0.240. The minimum Gasteiger partial charge on any atom is -0.504 e.